The van der Waals surface area contributed by atoms with Crippen molar-refractivity contribution in [3.8, 4) is 0 Å². The Bertz CT molecular complexity index is 469. The van der Waals surface area contributed by atoms with Crippen LogP contribution in [0.4, 0.5) is 5.69 Å². The first-order valence-corrected chi connectivity index (χ1v) is 6.14. The number of aryl methyl sites for hydroxylation is 1. The molecule has 0 aliphatic heterocycles. The summed E-state index contributed by atoms with van der Waals surface area (Å²) in [5, 5.41) is 0. The van der Waals surface area contributed by atoms with Crippen molar-refractivity contribution < 1.29 is 0 Å². The molecule has 16 heavy (non-hydrogen) atoms. The van der Waals surface area contributed by atoms with E-state index in [2.05, 4.69) is 11.1 Å². The second kappa shape index (κ2) is 5.03. The van der Waals surface area contributed by atoms with Gasteiger partial charge in [-0.1, -0.05) is 18.2 Å². The van der Waals surface area contributed by atoms with Crippen LogP contribution < -0.4 is 5.73 Å². The van der Waals surface area contributed by atoms with Crippen molar-refractivity contribution in [2.75, 3.05) is 5.73 Å². The molecule has 0 aliphatic rings. The number of benzene rings is 1. The molecule has 0 spiro atoms. The third kappa shape index (κ3) is 2.55. The van der Waals surface area contributed by atoms with Gasteiger partial charge in [0.05, 0.1) is 5.69 Å². The van der Waals surface area contributed by atoms with E-state index in [-0.39, 0.29) is 0 Å². The van der Waals surface area contributed by atoms with E-state index in [4.69, 9.17) is 5.73 Å². The first-order valence-electron chi connectivity index (χ1n) is 5.15. The molecule has 0 bridgehead atoms. The van der Waals surface area contributed by atoms with Gasteiger partial charge >= 0.3 is 0 Å². The standard InChI is InChI=1S/C13H14N2S/c1-10-5-4-7-12(13(10)14)16-9-11-6-2-3-8-15-11/h2-8H,9,14H2,1H3. The molecule has 0 amide bonds. The van der Waals surface area contributed by atoms with Crippen LogP contribution in [0.5, 0.6) is 0 Å². The number of aromatic nitrogens is 1. The SMILES string of the molecule is Cc1cccc(SCc2ccccn2)c1N. The zero-order chi connectivity index (χ0) is 11.4. The Hall–Kier alpha value is -1.48. The molecule has 0 atom stereocenters. The molecule has 0 saturated heterocycles. The van der Waals surface area contributed by atoms with Gasteiger partial charge in [-0.05, 0) is 30.7 Å². The highest BCUT2D eigenvalue weighted by molar-refractivity contribution is 7.98. The number of hydrogen-bond donors (Lipinski definition) is 1. The van der Waals surface area contributed by atoms with Crippen LogP contribution in [-0.2, 0) is 5.75 Å². The van der Waals surface area contributed by atoms with Crippen LogP contribution in [-0.4, -0.2) is 4.98 Å². The van der Waals surface area contributed by atoms with Crippen molar-refractivity contribution in [2.45, 2.75) is 17.6 Å². The summed E-state index contributed by atoms with van der Waals surface area (Å²) in [6, 6.07) is 12.1. The van der Waals surface area contributed by atoms with Crippen molar-refractivity contribution in [2.24, 2.45) is 0 Å². The summed E-state index contributed by atoms with van der Waals surface area (Å²) in [6.45, 7) is 2.03. The number of nitrogens with two attached hydrogens (primary N) is 1. The molecule has 2 N–H and O–H groups in total. The Labute approximate surface area is 99.9 Å². The zero-order valence-electron chi connectivity index (χ0n) is 9.18. The van der Waals surface area contributed by atoms with Crippen LogP contribution >= 0.6 is 11.8 Å². The maximum atomic E-state index is 6.01. The first-order chi connectivity index (χ1) is 7.77. The number of para-hydroxylation sites is 1. The molecule has 2 nitrogen and oxygen atoms in total. The van der Waals surface area contributed by atoms with Crippen LogP contribution in [0.3, 0.4) is 0 Å². The number of thioether (sulfide) groups is 1. The highest BCUT2D eigenvalue weighted by atomic mass is 32.2. The topological polar surface area (TPSA) is 38.9 Å². The molecule has 2 aromatic rings. The van der Waals surface area contributed by atoms with E-state index >= 15 is 0 Å². The van der Waals surface area contributed by atoms with Crippen molar-refractivity contribution in [1.82, 2.24) is 4.98 Å². The number of pyridine rings is 1. The van der Waals surface area contributed by atoms with Gasteiger partial charge in [-0.2, -0.15) is 0 Å². The van der Waals surface area contributed by atoms with E-state index in [1.54, 1.807) is 11.8 Å². The number of nitrogen functional groups attached to an aromatic ring is 1. The quantitative estimate of drug-likeness (QED) is 0.649. The summed E-state index contributed by atoms with van der Waals surface area (Å²) in [5.74, 6) is 0.856. The maximum absolute atomic E-state index is 6.01. The minimum Gasteiger partial charge on any atom is -0.398 e. The van der Waals surface area contributed by atoms with Gasteiger partial charge in [-0.15, -0.1) is 11.8 Å². The first kappa shape index (κ1) is 11.0. The summed E-state index contributed by atoms with van der Waals surface area (Å²) in [5.41, 5.74) is 9.09. The molecule has 1 heterocycles. The molecule has 2 rings (SSSR count). The van der Waals surface area contributed by atoms with E-state index in [1.165, 1.54) is 0 Å². The van der Waals surface area contributed by atoms with Crippen LogP contribution in [0.15, 0.2) is 47.5 Å². The molecule has 0 saturated carbocycles. The lowest BCUT2D eigenvalue weighted by Crippen LogP contribution is -1.93. The number of nitrogens with zero attached hydrogens (tertiary/aromatic N) is 1. The monoisotopic (exact) mass is 230 g/mol. The second-order valence-electron chi connectivity index (χ2n) is 3.60. The Morgan fingerprint density at radius 3 is 2.81 bits per heavy atom. The van der Waals surface area contributed by atoms with Crippen LogP contribution in [0.2, 0.25) is 0 Å². The third-order valence-electron chi connectivity index (χ3n) is 2.39. The summed E-state index contributed by atoms with van der Waals surface area (Å²) < 4.78 is 0. The number of hydrogen-bond acceptors (Lipinski definition) is 3. The smallest absolute Gasteiger partial charge is 0.0506 e. The van der Waals surface area contributed by atoms with Crippen LogP contribution in [0.25, 0.3) is 0 Å². The molecule has 0 fully saturated rings. The summed E-state index contributed by atoms with van der Waals surface area (Å²) in [4.78, 5) is 5.41. The lowest BCUT2D eigenvalue weighted by Gasteiger charge is -2.07. The molecule has 1 aromatic carbocycles. The average molecular weight is 230 g/mol. The van der Waals surface area contributed by atoms with Gasteiger partial charge in [-0.3, -0.25) is 4.98 Å². The normalized spacial score (nSPS) is 10.3. The fraction of sp³-hybridized carbons (Fsp3) is 0.154. The molecule has 82 valence electrons. The maximum Gasteiger partial charge on any atom is 0.0506 e. The highest BCUT2D eigenvalue weighted by Gasteiger charge is 2.02. The second-order valence-corrected chi connectivity index (χ2v) is 4.61. The van der Waals surface area contributed by atoms with Gasteiger partial charge in [0.15, 0.2) is 0 Å². The Balaban J connectivity index is 2.08. The van der Waals surface area contributed by atoms with Gasteiger partial charge in [-0.25, -0.2) is 0 Å². The molecule has 0 aliphatic carbocycles. The van der Waals surface area contributed by atoms with Crippen LogP contribution in [0.1, 0.15) is 11.3 Å². The molecule has 0 unspecified atom stereocenters. The molecular formula is C13H14N2S. The van der Waals surface area contributed by atoms with Crippen molar-refractivity contribution >= 4 is 17.4 Å². The number of rotatable bonds is 3. The fourth-order valence-electron chi connectivity index (χ4n) is 1.41. The van der Waals surface area contributed by atoms with E-state index in [0.29, 0.717) is 0 Å². The summed E-state index contributed by atoms with van der Waals surface area (Å²) in [6.07, 6.45) is 1.81. The lowest BCUT2D eigenvalue weighted by atomic mass is 10.2. The van der Waals surface area contributed by atoms with Gasteiger partial charge in [0, 0.05) is 22.5 Å². The molecule has 3 heteroatoms. The van der Waals surface area contributed by atoms with Crippen LogP contribution in [0, 0.1) is 6.92 Å². The molecule has 1 aromatic heterocycles. The third-order valence-corrected chi connectivity index (χ3v) is 3.49. The van der Waals surface area contributed by atoms with Gasteiger partial charge in [0.1, 0.15) is 0 Å². The summed E-state index contributed by atoms with van der Waals surface area (Å²) >= 11 is 1.73. The molecular weight excluding hydrogens is 216 g/mol. The van der Waals surface area contributed by atoms with Gasteiger partial charge in [0.25, 0.3) is 0 Å². The average Bonchev–Trinajstić information content (AvgIpc) is 2.32. The predicted octanol–water partition coefficient (Wildman–Crippen LogP) is 3.26. The minimum atomic E-state index is 0.856. The zero-order valence-corrected chi connectivity index (χ0v) is 10.00. The Kier molecular flexibility index (Phi) is 3.47. The molecule has 0 radical (unpaired) electrons. The van der Waals surface area contributed by atoms with E-state index in [1.807, 2.05) is 43.5 Å². The lowest BCUT2D eigenvalue weighted by molar-refractivity contribution is 1.17. The Morgan fingerprint density at radius 2 is 2.06 bits per heavy atom. The minimum absolute atomic E-state index is 0.856. The van der Waals surface area contributed by atoms with Crippen molar-refractivity contribution in [1.29, 1.82) is 0 Å². The predicted molar refractivity (Wildman–Crippen MR) is 69.4 cm³/mol. The summed E-state index contributed by atoms with van der Waals surface area (Å²) in [7, 11) is 0. The van der Waals surface area contributed by atoms with E-state index in [0.717, 1.165) is 27.6 Å². The van der Waals surface area contributed by atoms with Crippen molar-refractivity contribution in [3.63, 3.8) is 0 Å². The highest BCUT2D eigenvalue weighted by Crippen LogP contribution is 2.29. The van der Waals surface area contributed by atoms with Gasteiger partial charge in [0.2, 0.25) is 0 Å². The van der Waals surface area contributed by atoms with E-state index < -0.39 is 0 Å². The van der Waals surface area contributed by atoms with E-state index in [9.17, 15) is 0 Å². The van der Waals surface area contributed by atoms with Gasteiger partial charge < -0.3 is 5.73 Å². The fourth-order valence-corrected chi connectivity index (χ4v) is 2.38. The number of anilines is 1. The van der Waals surface area contributed by atoms with Crippen molar-refractivity contribution in [3.05, 3.63) is 53.9 Å². The Morgan fingerprint density at radius 1 is 1.19 bits per heavy atom. The largest absolute Gasteiger partial charge is 0.398 e.